The fourth-order valence-electron chi connectivity index (χ4n) is 4.55. The zero-order valence-corrected chi connectivity index (χ0v) is 18.0. The Morgan fingerprint density at radius 1 is 1.10 bits per heavy atom. The van der Waals surface area contributed by atoms with Crippen LogP contribution in [0.3, 0.4) is 0 Å². The van der Waals surface area contributed by atoms with E-state index in [1.165, 1.54) is 9.80 Å². The number of esters is 1. The Labute approximate surface area is 181 Å². The van der Waals surface area contributed by atoms with Crippen molar-refractivity contribution >= 4 is 23.5 Å². The van der Waals surface area contributed by atoms with E-state index in [1.54, 1.807) is 24.3 Å². The summed E-state index contributed by atoms with van der Waals surface area (Å²) in [5.41, 5.74) is 0.107. The first-order valence-corrected chi connectivity index (χ1v) is 10.6. The van der Waals surface area contributed by atoms with E-state index in [2.05, 4.69) is 0 Å². The molecule has 2 heterocycles. The number of nitrogens with zero attached hydrogens (tertiary/aromatic N) is 2. The molecule has 2 amide bonds. The molecule has 4 rings (SSSR count). The second kappa shape index (κ2) is 8.06. The summed E-state index contributed by atoms with van der Waals surface area (Å²) in [7, 11) is 0. The minimum Gasteiger partial charge on any atom is -0.493 e. The first kappa shape index (κ1) is 20.9. The number of amides is 2. The molecule has 31 heavy (non-hydrogen) atoms. The molecular formula is C24H26N2O5. The molecule has 0 saturated carbocycles. The number of ether oxygens (including phenoxy) is 2. The maximum atomic E-state index is 13.6. The molecule has 0 aliphatic carbocycles. The first-order chi connectivity index (χ1) is 14.9. The van der Waals surface area contributed by atoms with E-state index in [4.69, 9.17) is 9.47 Å². The topological polar surface area (TPSA) is 76.1 Å². The van der Waals surface area contributed by atoms with Gasteiger partial charge in [0, 0.05) is 24.4 Å². The van der Waals surface area contributed by atoms with E-state index in [-0.39, 0.29) is 37.3 Å². The first-order valence-electron chi connectivity index (χ1n) is 10.6. The largest absolute Gasteiger partial charge is 0.493 e. The molecule has 2 aliphatic heterocycles. The third kappa shape index (κ3) is 3.24. The van der Waals surface area contributed by atoms with Gasteiger partial charge in [-0.1, -0.05) is 30.3 Å². The monoisotopic (exact) mass is 422 g/mol. The molecule has 1 fully saturated rings. The number of anilines is 1. The Balaban J connectivity index is 1.73. The van der Waals surface area contributed by atoms with Gasteiger partial charge in [-0.3, -0.25) is 14.5 Å². The lowest BCUT2D eigenvalue weighted by molar-refractivity contribution is -0.159. The Morgan fingerprint density at radius 2 is 1.81 bits per heavy atom. The van der Waals surface area contributed by atoms with Crippen LogP contribution in [0.5, 0.6) is 5.75 Å². The van der Waals surface area contributed by atoms with Gasteiger partial charge in [-0.25, -0.2) is 4.79 Å². The predicted molar refractivity (Wildman–Crippen MR) is 115 cm³/mol. The summed E-state index contributed by atoms with van der Waals surface area (Å²) in [6.45, 7) is 6.04. The molecule has 2 aliphatic rings. The number of fused-ring (bicyclic) bond motifs is 3. The highest BCUT2D eigenvalue weighted by atomic mass is 16.5. The second-order valence-electron chi connectivity index (χ2n) is 7.95. The van der Waals surface area contributed by atoms with E-state index in [1.807, 2.05) is 45.0 Å². The van der Waals surface area contributed by atoms with Gasteiger partial charge in [0.1, 0.15) is 12.4 Å². The van der Waals surface area contributed by atoms with Gasteiger partial charge in [0.2, 0.25) is 11.6 Å². The van der Waals surface area contributed by atoms with Gasteiger partial charge < -0.3 is 14.4 Å². The number of carbonyl (C=O) groups excluding carboxylic acids is 3. The van der Waals surface area contributed by atoms with Crippen molar-refractivity contribution in [3.8, 4) is 5.75 Å². The van der Waals surface area contributed by atoms with Gasteiger partial charge in [0.15, 0.2) is 0 Å². The van der Waals surface area contributed by atoms with Crippen molar-refractivity contribution in [2.24, 2.45) is 0 Å². The fourth-order valence-corrected chi connectivity index (χ4v) is 4.55. The smallest absolute Gasteiger partial charge is 0.354 e. The molecule has 0 radical (unpaired) electrons. The molecule has 1 atom stereocenters. The van der Waals surface area contributed by atoms with Crippen LogP contribution in [-0.2, 0) is 20.9 Å². The van der Waals surface area contributed by atoms with Crippen molar-refractivity contribution < 1.29 is 23.9 Å². The SMILES string of the molecule is CCOc1ccccc1COC(=O)C12CCC(=O)N1c1ccccc1C(=O)N2C(C)C. The average Bonchev–Trinajstić information content (AvgIpc) is 3.11. The van der Waals surface area contributed by atoms with Gasteiger partial charge in [0.25, 0.3) is 5.91 Å². The third-order valence-corrected chi connectivity index (χ3v) is 5.77. The van der Waals surface area contributed by atoms with Crippen LogP contribution in [0.15, 0.2) is 48.5 Å². The van der Waals surface area contributed by atoms with E-state index >= 15 is 0 Å². The molecule has 0 spiro atoms. The average molecular weight is 422 g/mol. The summed E-state index contributed by atoms with van der Waals surface area (Å²) in [5.74, 6) is -0.442. The molecule has 7 heteroatoms. The number of para-hydroxylation sites is 2. The van der Waals surface area contributed by atoms with Crippen LogP contribution < -0.4 is 9.64 Å². The summed E-state index contributed by atoms with van der Waals surface area (Å²) in [6, 6.07) is 13.9. The lowest BCUT2D eigenvalue weighted by atomic mass is 9.95. The van der Waals surface area contributed by atoms with E-state index in [9.17, 15) is 14.4 Å². The highest BCUT2D eigenvalue weighted by Gasteiger charge is 2.62. The Bertz CT molecular complexity index is 1030. The van der Waals surface area contributed by atoms with E-state index in [0.717, 1.165) is 5.56 Å². The number of carbonyl (C=O) groups is 3. The summed E-state index contributed by atoms with van der Waals surface area (Å²) in [5, 5.41) is 0. The molecule has 2 aromatic carbocycles. The molecule has 162 valence electrons. The summed E-state index contributed by atoms with van der Waals surface area (Å²) in [6.07, 6.45) is 0.353. The standard InChI is InChI=1S/C24H26N2O5/c1-4-30-20-12-8-5-9-17(20)15-31-23(29)24-14-13-21(27)26(24)19-11-7-6-10-18(19)22(28)25(24)16(2)3/h5-12,16H,4,13-15H2,1-3H3. The van der Waals surface area contributed by atoms with Crippen LogP contribution in [0.2, 0.25) is 0 Å². The minimum atomic E-state index is -1.49. The van der Waals surface area contributed by atoms with Crippen LogP contribution in [0.1, 0.15) is 49.5 Å². The van der Waals surface area contributed by atoms with Gasteiger partial charge in [-0.2, -0.15) is 0 Å². The van der Waals surface area contributed by atoms with E-state index < -0.39 is 11.6 Å². The molecule has 2 aromatic rings. The van der Waals surface area contributed by atoms with Crippen LogP contribution >= 0.6 is 0 Å². The predicted octanol–water partition coefficient (Wildman–Crippen LogP) is 3.52. The van der Waals surface area contributed by atoms with Crippen LogP contribution in [0.4, 0.5) is 5.69 Å². The normalized spacial score (nSPS) is 20.0. The van der Waals surface area contributed by atoms with Gasteiger partial charge in [-0.15, -0.1) is 0 Å². The number of benzene rings is 2. The molecule has 7 nitrogen and oxygen atoms in total. The fraction of sp³-hybridized carbons (Fsp3) is 0.375. The molecule has 0 aromatic heterocycles. The molecule has 0 bridgehead atoms. The number of hydrogen-bond donors (Lipinski definition) is 0. The molecule has 0 N–H and O–H groups in total. The van der Waals surface area contributed by atoms with Crippen molar-refractivity contribution in [1.29, 1.82) is 0 Å². The van der Waals surface area contributed by atoms with Crippen molar-refractivity contribution in [3.63, 3.8) is 0 Å². The second-order valence-corrected chi connectivity index (χ2v) is 7.95. The Morgan fingerprint density at radius 3 is 2.55 bits per heavy atom. The van der Waals surface area contributed by atoms with Crippen molar-refractivity contribution in [1.82, 2.24) is 4.90 Å². The highest BCUT2D eigenvalue weighted by molar-refractivity contribution is 6.15. The van der Waals surface area contributed by atoms with Gasteiger partial charge >= 0.3 is 5.97 Å². The van der Waals surface area contributed by atoms with Crippen molar-refractivity contribution in [2.45, 2.75) is 51.9 Å². The lowest BCUT2D eigenvalue weighted by Gasteiger charge is -2.50. The number of hydrogen-bond acceptors (Lipinski definition) is 5. The third-order valence-electron chi connectivity index (χ3n) is 5.77. The zero-order valence-electron chi connectivity index (χ0n) is 18.0. The minimum absolute atomic E-state index is 0.0133. The van der Waals surface area contributed by atoms with Crippen LogP contribution in [-0.4, -0.2) is 41.0 Å². The highest BCUT2D eigenvalue weighted by Crippen LogP contribution is 2.46. The van der Waals surface area contributed by atoms with E-state index in [0.29, 0.717) is 23.6 Å². The zero-order chi connectivity index (χ0) is 22.2. The van der Waals surface area contributed by atoms with Crippen LogP contribution in [0.25, 0.3) is 0 Å². The van der Waals surface area contributed by atoms with Crippen LogP contribution in [0, 0.1) is 0 Å². The molecule has 1 saturated heterocycles. The lowest BCUT2D eigenvalue weighted by Crippen LogP contribution is -2.70. The summed E-state index contributed by atoms with van der Waals surface area (Å²) >= 11 is 0. The van der Waals surface area contributed by atoms with Crippen molar-refractivity contribution in [3.05, 3.63) is 59.7 Å². The Kier molecular flexibility index (Phi) is 5.43. The maximum Gasteiger partial charge on any atom is 0.354 e. The molecular weight excluding hydrogens is 396 g/mol. The summed E-state index contributed by atoms with van der Waals surface area (Å²) in [4.78, 5) is 42.9. The number of rotatable bonds is 6. The maximum absolute atomic E-state index is 13.6. The molecule has 1 unspecified atom stereocenters. The summed E-state index contributed by atoms with van der Waals surface area (Å²) < 4.78 is 11.4. The Hall–Kier alpha value is -3.35. The van der Waals surface area contributed by atoms with Gasteiger partial charge in [0.05, 0.1) is 17.9 Å². The van der Waals surface area contributed by atoms with Crippen molar-refractivity contribution in [2.75, 3.05) is 11.5 Å². The van der Waals surface area contributed by atoms with Gasteiger partial charge in [-0.05, 0) is 39.0 Å². The quantitative estimate of drug-likeness (QED) is 0.666.